The largest absolute Gasteiger partial charge is 0.309 e. The number of nitrogens with zero attached hydrogens (tertiary/aromatic N) is 2. The molecule has 0 fully saturated rings. The van der Waals surface area contributed by atoms with Gasteiger partial charge in [0.15, 0.2) is 0 Å². The molecule has 7 aromatic rings. The Balaban J connectivity index is 1.53. The van der Waals surface area contributed by atoms with Gasteiger partial charge in [-0.3, -0.25) is 0 Å². The predicted octanol–water partition coefficient (Wildman–Crippen LogP) is 8.69. The highest BCUT2D eigenvalue weighted by atomic mass is 32.1. The van der Waals surface area contributed by atoms with E-state index in [1.807, 2.05) is 12.1 Å². The van der Waals surface area contributed by atoms with Gasteiger partial charge in [0.1, 0.15) is 6.07 Å². The van der Waals surface area contributed by atoms with Crippen LogP contribution in [0.15, 0.2) is 109 Å². The summed E-state index contributed by atoms with van der Waals surface area (Å²) in [5.41, 5.74) is 6.68. The molecule has 0 spiro atoms. The molecule has 0 unspecified atom stereocenters. The molecule has 0 aliphatic rings. The minimum atomic E-state index is 0.742. The van der Waals surface area contributed by atoms with Crippen molar-refractivity contribution < 1.29 is 0 Å². The summed E-state index contributed by atoms with van der Waals surface area (Å²) in [5, 5.41) is 14.4. The summed E-state index contributed by atoms with van der Waals surface area (Å²) in [6.07, 6.45) is 0. The van der Waals surface area contributed by atoms with E-state index in [0.717, 1.165) is 21.3 Å². The minimum Gasteiger partial charge on any atom is -0.309 e. The molecule has 0 saturated heterocycles. The highest BCUT2D eigenvalue weighted by Gasteiger charge is 2.16. The topological polar surface area (TPSA) is 28.7 Å². The molecule has 2 aromatic heterocycles. The smallest absolute Gasteiger partial charge is 0.101 e. The highest BCUT2D eigenvalue weighted by molar-refractivity contribution is 7.26. The molecule has 3 heteroatoms. The van der Waals surface area contributed by atoms with Gasteiger partial charge in [0.2, 0.25) is 0 Å². The first-order valence-electron chi connectivity index (χ1n) is 11.3. The van der Waals surface area contributed by atoms with Gasteiger partial charge in [-0.05, 0) is 42.0 Å². The van der Waals surface area contributed by atoms with Gasteiger partial charge in [0.05, 0.1) is 27.0 Å². The number of thiophene rings is 1. The Hall–Kier alpha value is -4.39. The van der Waals surface area contributed by atoms with E-state index >= 15 is 0 Å². The molecule has 5 aromatic carbocycles. The van der Waals surface area contributed by atoms with E-state index in [9.17, 15) is 5.26 Å². The second-order valence-electron chi connectivity index (χ2n) is 8.49. The third kappa shape index (κ3) is 2.67. The van der Waals surface area contributed by atoms with Crippen LogP contribution in [0.25, 0.3) is 58.8 Å². The molecule has 0 aliphatic heterocycles. The van der Waals surface area contributed by atoms with Gasteiger partial charge in [0.25, 0.3) is 0 Å². The Labute approximate surface area is 200 Å². The van der Waals surface area contributed by atoms with Crippen LogP contribution in [0, 0.1) is 11.3 Å². The maximum Gasteiger partial charge on any atom is 0.101 e. The van der Waals surface area contributed by atoms with E-state index in [1.165, 1.54) is 43.0 Å². The summed E-state index contributed by atoms with van der Waals surface area (Å²) in [7, 11) is 0. The molecule has 2 nitrogen and oxygen atoms in total. The standard InChI is InChI=1S/C31H18N2S/c32-19-21-8-7-12-25-26-18-20(16-17-30(26)34-31(21)25)22-9-1-4-13-27(22)33-28-14-5-2-10-23(28)24-11-3-6-15-29(24)33/h1-18H. The van der Waals surface area contributed by atoms with E-state index in [0.29, 0.717) is 0 Å². The van der Waals surface area contributed by atoms with Gasteiger partial charge in [-0.15, -0.1) is 11.3 Å². The molecule has 34 heavy (non-hydrogen) atoms. The molecule has 0 amide bonds. The Morgan fingerprint density at radius 3 is 2.06 bits per heavy atom. The Morgan fingerprint density at radius 2 is 1.29 bits per heavy atom. The Kier molecular flexibility index (Phi) is 4.11. The molecule has 158 valence electrons. The van der Waals surface area contributed by atoms with Crippen molar-refractivity contribution in [3.63, 3.8) is 0 Å². The zero-order chi connectivity index (χ0) is 22.6. The van der Waals surface area contributed by atoms with Crippen molar-refractivity contribution in [1.29, 1.82) is 5.26 Å². The van der Waals surface area contributed by atoms with Crippen molar-refractivity contribution in [3.8, 4) is 22.9 Å². The summed E-state index contributed by atoms with van der Waals surface area (Å²) in [5.74, 6) is 0. The lowest BCUT2D eigenvalue weighted by Gasteiger charge is -2.14. The molecule has 2 heterocycles. The van der Waals surface area contributed by atoms with Gasteiger partial charge < -0.3 is 4.57 Å². The van der Waals surface area contributed by atoms with Crippen LogP contribution in [-0.4, -0.2) is 4.57 Å². The van der Waals surface area contributed by atoms with Gasteiger partial charge in [-0.25, -0.2) is 0 Å². The van der Waals surface area contributed by atoms with Crippen LogP contribution in [-0.2, 0) is 0 Å². The summed E-state index contributed by atoms with van der Waals surface area (Å²) in [6.45, 7) is 0. The lowest BCUT2D eigenvalue weighted by molar-refractivity contribution is 1.18. The number of hydrogen-bond donors (Lipinski definition) is 0. The maximum absolute atomic E-state index is 9.56. The van der Waals surface area contributed by atoms with Gasteiger partial charge >= 0.3 is 0 Å². The van der Waals surface area contributed by atoms with Crippen LogP contribution in [0.1, 0.15) is 5.56 Å². The molecule has 0 saturated carbocycles. The molecule has 0 bridgehead atoms. The van der Waals surface area contributed by atoms with Crippen LogP contribution < -0.4 is 0 Å². The number of fused-ring (bicyclic) bond motifs is 6. The number of rotatable bonds is 2. The Morgan fingerprint density at radius 1 is 0.618 bits per heavy atom. The number of hydrogen-bond acceptors (Lipinski definition) is 2. The summed E-state index contributed by atoms with van der Waals surface area (Å²) < 4.78 is 4.65. The lowest BCUT2D eigenvalue weighted by atomic mass is 10.0. The SMILES string of the molecule is N#Cc1cccc2c1sc1ccc(-c3ccccc3-n3c4ccccc4c4ccccc43)cc12. The zero-order valence-electron chi connectivity index (χ0n) is 18.2. The normalized spacial score (nSPS) is 11.5. The van der Waals surface area contributed by atoms with Crippen LogP contribution >= 0.6 is 11.3 Å². The second kappa shape index (κ2) is 7.31. The molecule has 0 radical (unpaired) electrons. The van der Waals surface area contributed by atoms with E-state index < -0.39 is 0 Å². The molecule has 0 N–H and O–H groups in total. The number of aromatic nitrogens is 1. The van der Waals surface area contributed by atoms with E-state index in [-0.39, 0.29) is 0 Å². The zero-order valence-corrected chi connectivity index (χ0v) is 19.0. The van der Waals surface area contributed by atoms with Crippen molar-refractivity contribution in [1.82, 2.24) is 4.57 Å². The number of benzene rings is 5. The molecule has 0 atom stereocenters. The molecule has 0 aliphatic carbocycles. The maximum atomic E-state index is 9.56. The van der Waals surface area contributed by atoms with E-state index in [4.69, 9.17) is 0 Å². The monoisotopic (exact) mass is 450 g/mol. The van der Waals surface area contributed by atoms with Gasteiger partial charge in [0, 0.05) is 31.8 Å². The Bertz CT molecular complexity index is 1880. The lowest BCUT2D eigenvalue weighted by Crippen LogP contribution is -1.96. The van der Waals surface area contributed by atoms with Gasteiger partial charge in [-0.2, -0.15) is 5.26 Å². The first kappa shape index (κ1) is 19.1. The quantitative estimate of drug-likeness (QED) is 0.259. The number of para-hydroxylation sites is 3. The van der Waals surface area contributed by atoms with Crippen LogP contribution in [0.2, 0.25) is 0 Å². The van der Waals surface area contributed by atoms with Gasteiger partial charge in [-0.1, -0.05) is 72.8 Å². The minimum absolute atomic E-state index is 0.742. The average Bonchev–Trinajstić information content (AvgIpc) is 3.44. The second-order valence-corrected chi connectivity index (χ2v) is 9.55. The van der Waals surface area contributed by atoms with Crippen LogP contribution in [0.5, 0.6) is 0 Å². The average molecular weight is 451 g/mol. The summed E-state index contributed by atoms with van der Waals surface area (Å²) >= 11 is 1.69. The van der Waals surface area contributed by atoms with Crippen molar-refractivity contribution >= 4 is 53.3 Å². The fourth-order valence-electron chi connectivity index (χ4n) is 5.15. The van der Waals surface area contributed by atoms with E-state index in [1.54, 1.807) is 11.3 Å². The first-order chi connectivity index (χ1) is 16.8. The summed E-state index contributed by atoms with van der Waals surface area (Å²) in [6, 6.07) is 40.9. The third-order valence-corrected chi connectivity index (χ3v) is 7.87. The number of nitriles is 1. The van der Waals surface area contributed by atoms with Crippen molar-refractivity contribution in [2.75, 3.05) is 0 Å². The fraction of sp³-hybridized carbons (Fsp3) is 0. The van der Waals surface area contributed by atoms with Crippen LogP contribution in [0.3, 0.4) is 0 Å². The third-order valence-electron chi connectivity index (χ3n) is 6.65. The molecule has 7 rings (SSSR count). The first-order valence-corrected chi connectivity index (χ1v) is 12.1. The van der Waals surface area contributed by atoms with Crippen molar-refractivity contribution in [2.45, 2.75) is 0 Å². The van der Waals surface area contributed by atoms with E-state index in [2.05, 4.69) is 108 Å². The van der Waals surface area contributed by atoms with Crippen molar-refractivity contribution in [3.05, 3.63) is 115 Å². The van der Waals surface area contributed by atoms with Crippen molar-refractivity contribution in [2.24, 2.45) is 0 Å². The highest BCUT2D eigenvalue weighted by Crippen LogP contribution is 2.40. The predicted molar refractivity (Wildman–Crippen MR) is 144 cm³/mol. The fourth-order valence-corrected chi connectivity index (χ4v) is 6.30. The summed E-state index contributed by atoms with van der Waals surface area (Å²) in [4.78, 5) is 0. The van der Waals surface area contributed by atoms with Crippen LogP contribution in [0.4, 0.5) is 0 Å². The molecular weight excluding hydrogens is 432 g/mol. The molecular formula is C31H18N2S.